The topological polar surface area (TPSA) is 93.2 Å². The van der Waals surface area contributed by atoms with E-state index in [1.165, 1.54) is 15.9 Å². The van der Waals surface area contributed by atoms with Crippen LogP contribution in [0.3, 0.4) is 0 Å². The molecule has 0 saturated carbocycles. The minimum atomic E-state index is -0.502. The molecule has 1 fully saturated rings. The van der Waals surface area contributed by atoms with E-state index in [-0.39, 0.29) is 17.9 Å². The number of aromatic amines is 1. The number of hydrogen-bond donors (Lipinski definition) is 2. The van der Waals surface area contributed by atoms with Crippen LogP contribution in [0.5, 0.6) is 5.75 Å². The highest BCUT2D eigenvalue weighted by molar-refractivity contribution is 7.22. The lowest BCUT2D eigenvalue weighted by Gasteiger charge is -2.14. The Kier molecular flexibility index (Phi) is 6.99. The maximum Gasteiger partial charge on any atom is 0.329 e. The molecule has 2 aromatic heterocycles. The van der Waals surface area contributed by atoms with Crippen molar-refractivity contribution in [3.05, 3.63) is 50.1 Å². The van der Waals surface area contributed by atoms with Crippen molar-refractivity contribution in [3.63, 3.8) is 0 Å². The summed E-state index contributed by atoms with van der Waals surface area (Å²) in [6, 6.07) is 6.57. The molecule has 1 aromatic carbocycles. The van der Waals surface area contributed by atoms with Crippen molar-refractivity contribution in [2.75, 3.05) is 13.7 Å². The molecule has 1 aliphatic heterocycles. The number of methoxy groups -OCH3 is 1. The Morgan fingerprint density at radius 1 is 1.20 bits per heavy atom. The number of aromatic nitrogens is 2. The van der Waals surface area contributed by atoms with E-state index >= 15 is 0 Å². The van der Waals surface area contributed by atoms with Crippen molar-refractivity contribution < 1.29 is 9.53 Å². The highest BCUT2D eigenvalue weighted by Gasteiger charge is 2.24. The Bertz CT molecular complexity index is 1180. The molecule has 2 N–H and O–H groups in total. The lowest BCUT2D eigenvalue weighted by atomic mass is 10.1. The number of nitrogens with one attached hydrogen (secondary N) is 2. The molecular weight excluding hydrogens is 426 g/mol. The third-order valence-corrected chi connectivity index (χ3v) is 6.35. The quantitative estimate of drug-likeness (QED) is 0.633. The molecule has 0 bridgehead atoms. The molecule has 1 unspecified atom stereocenters. The first kappa shape index (κ1) is 22.1. The Labute approximate surface area is 182 Å². The minimum Gasteiger partial charge on any atom is -0.497 e. The summed E-state index contributed by atoms with van der Waals surface area (Å²) in [6.07, 6.45) is 1.43. The Balaban J connectivity index is 0.00000124. The van der Waals surface area contributed by atoms with Gasteiger partial charge in [0.05, 0.1) is 18.7 Å². The summed E-state index contributed by atoms with van der Waals surface area (Å²) in [5.41, 5.74) is 0.304. The largest absolute Gasteiger partial charge is 0.497 e. The maximum atomic E-state index is 13.1. The summed E-state index contributed by atoms with van der Waals surface area (Å²) in [5.74, 6) is 0.496. The van der Waals surface area contributed by atoms with E-state index in [4.69, 9.17) is 16.3 Å². The number of thiophene rings is 1. The third-order valence-electron chi connectivity index (χ3n) is 4.87. The van der Waals surface area contributed by atoms with E-state index in [0.29, 0.717) is 34.0 Å². The lowest BCUT2D eigenvalue weighted by Crippen LogP contribution is -2.38. The number of carbonyl (C=O) groups excluding carboxylic acids is 1. The number of hydrogen-bond acceptors (Lipinski definition) is 5. The van der Waals surface area contributed by atoms with Gasteiger partial charge in [-0.15, -0.1) is 11.3 Å². The number of H-pyrrole nitrogens is 1. The zero-order valence-corrected chi connectivity index (χ0v) is 18.7. The van der Waals surface area contributed by atoms with E-state index in [1.54, 1.807) is 31.4 Å². The second-order valence-electron chi connectivity index (χ2n) is 6.65. The molecule has 3 aromatic rings. The number of fused-ring (bicyclic) bond motifs is 1. The zero-order valence-electron chi connectivity index (χ0n) is 17.1. The van der Waals surface area contributed by atoms with Gasteiger partial charge in [-0.05, 0) is 37.1 Å². The van der Waals surface area contributed by atoms with Crippen molar-refractivity contribution in [1.82, 2.24) is 14.9 Å². The fourth-order valence-electron chi connectivity index (χ4n) is 3.48. The number of halogens is 1. The van der Waals surface area contributed by atoms with Crippen LogP contribution < -0.4 is 21.3 Å². The van der Waals surface area contributed by atoms with Gasteiger partial charge in [-0.3, -0.25) is 14.2 Å². The molecule has 160 valence electrons. The second kappa shape index (κ2) is 9.49. The van der Waals surface area contributed by atoms with Crippen molar-refractivity contribution >= 4 is 39.1 Å². The zero-order chi connectivity index (χ0) is 21.8. The first-order chi connectivity index (χ1) is 14.5. The van der Waals surface area contributed by atoms with E-state index in [9.17, 15) is 14.4 Å². The SMILES string of the molecule is CC.COc1ccc(Cl)c(-c2cc3[nH]c(=O)n(C4CCCNC(=O)C4)c(=O)c3s2)c1. The number of rotatable bonds is 3. The Hall–Kier alpha value is -2.58. The summed E-state index contributed by atoms with van der Waals surface area (Å²) in [6.45, 7) is 4.56. The maximum absolute atomic E-state index is 13.1. The monoisotopic (exact) mass is 449 g/mol. The fourth-order valence-corrected chi connectivity index (χ4v) is 4.83. The Morgan fingerprint density at radius 2 is 1.97 bits per heavy atom. The fraction of sp³-hybridized carbons (Fsp3) is 0.381. The molecule has 9 heteroatoms. The number of benzene rings is 1. The van der Waals surface area contributed by atoms with Gasteiger partial charge >= 0.3 is 5.69 Å². The normalized spacial score (nSPS) is 16.4. The molecule has 0 radical (unpaired) electrons. The number of amides is 1. The van der Waals surface area contributed by atoms with E-state index in [2.05, 4.69) is 10.3 Å². The molecule has 0 spiro atoms. The molecule has 4 rings (SSSR count). The minimum absolute atomic E-state index is 0.119. The van der Waals surface area contributed by atoms with Crippen LogP contribution in [0.4, 0.5) is 0 Å². The van der Waals surface area contributed by atoms with E-state index in [1.807, 2.05) is 13.8 Å². The molecule has 3 heterocycles. The van der Waals surface area contributed by atoms with Crippen LogP contribution in [0, 0.1) is 0 Å². The van der Waals surface area contributed by atoms with Crippen molar-refractivity contribution in [3.8, 4) is 16.2 Å². The summed E-state index contributed by atoms with van der Waals surface area (Å²) in [4.78, 5) is 41.1. The van der Waals surface area contributed by atoms with Crippen LogP contribution in [0.1, 0.15) is 39.2 Å². The van der Waals surface area contributed by atoms with Gasteiger partial charge in [0, 0.05) is 28.4 Å². The Morgan fingerprint density at radius 3 is 2.70 bits per heavy atom. The van der Waals surface area contributed by atoms with Gasteiger partial charge in [0.25, 0.3) is 5.56 Å². The predicted molar refractivity (Wildman–Crippen MR) is 121 cm³/mol. The number of ether oxygens (including phenoxy) is 1. The molecular formula is C21H24ClN3O4S. The molecule has 1 saturated heterocycles. The average Bonchev–Trinajstić information content (AvgIpc) is 3.05. The second-order valence-corrected chi connectivity index (χ2v) is 8.11. The van der Waals surface area contributed by atoms with Crippen LogP contribution >= 0.6 is 22.9 Å². The standard InChI is InChI=1S/C19H18ClN3O4S.C2H6/c1-27-11-4-5-13(20)12(8-11)15-9-14-17(28-15)18(25)23(19(26)22-14)10-3-2-6-21-16(24)7-10;1-2/h4-5,8-10H,2-3,6-7H2,1H3,(H,21,24)(H,22,26);1-2H3. The average molecular weight is 450 g/mol. The first-order valence-electron chi connectivity index (χ1n) is 9.87. The smallest absolute Gasteiger partial charge is 0.329 e. The van der Waals surface area contributed by atoms with Gasteiger partial charge in [0.1, 0.15) is 10.4 Å². The summed E-state index contributed by atoms with van der Waals surface area (Å²) in [7, 11) is 1.57. The predicted octanol–water partition coefficient (Wildman–Crippen LogP) is 3.95. The van der Waals surface area contributed by atoms with Crippen LogP contribution in [0.25, 0.3) is 20.7 Å². The van der Waals surface area contributed by atoms with Gasteiger partial charge in [-0.1, -0.05) is 25.4 Å². The van der Waals surface area contributed by atoms with E-state index in [0.717, 1.165) is 16.9 Å². The number of carbonyl (C=O) groups is 1. The van der Waals surface area contributed by atoms with Crippen molar-refractivity contribution in [2.24, 2.45) is 0 Å². The van der Waals surface area contributed by atoms with Crippen molar-refractivity contribution in [1.29, 1.82) is 0 Å². The molecule has 1 aliphatic rings. The number of nitrogens with zero attached hydrogens (tertiary/aromatic N) is 1. The molecule has 7 nitrogen and oxygen atoms in total. The molecule has 30 heavy (non-hydrogen) atoms. The summed E-state index contributed by atoms with van der Waals surface area (Å²) >= 11 is 7.58. The van der Waals surface area contributed by atoms with Crippen LogP contribution in [-0.4, -0.2) is 29.1 Å². The third kappa shape index (κ3) is 4.29. The highest BCUT2D eigenvalue weighted by Crippen LogP contribution is 2.37. The van der Waals surface area contributed by atoms with Crippen LogP contribution in [0.2, 0.25) is 5.02 Å². The van der Waals surface area contributed by atoms with Gasteiger partial charge < -0.3 is 15.0 Å². The first-order valence-corrected chi connectivity index (χ1v) is 11.1. The van der Waals surface area contributed by atoms with Gasteiger partial charge in [-0.25, -0.2) is 4.79 Å². The summed E-state index contributed by atoms with van der Waals surface area (Å²) in [5, 5.41) is 3.30. The highest BCUT2D eigenvalue weighted by atomic mass is 35.5. The van der Waals surface area contributed by atoms with E-state index < -0.39 is 11.7 Å². The molecule has 1 amide bonds. The molecule has 1 atom stereocenters. The van der Waals surface area contributed by atoms with Crippen LogP contribution in [0.15, 0.2) is 33.9 Å². The van der Waals surface area contributed by atoms with Gasteiger partial charge in [0.2, 0.25) is 5.91 Å². The van der Waals surface area contributed by atoms with Gasteiger partial charge in [-0.2, -0.15) is 0 Å². The lowest BCUT2D eigenvalue weighted by molar-refractivity contribution is -0.121. The summed E-state index contributed by atoms with van der Waals surface area (Å²) < 4.78 is 6.86. The van der Waals surface area contributed by atoms with Crippen LogP contribution in [-0.2, 0) is 4.79 Å². The van der Waals surface area contributed by atoms with Crippen molar-refractivity contribution in [2.45, 2.75) is 39.2 Å². The van der Waals surface area contributed by atoms with Gasteiger partial charge in [0.15, 0.2) is 0 Å². The molecule has 0 aliphatic carbocycles.